The van der Waals surface area contributed by atoms with Crippen LogP contribution in [0.25, 0.3) is 0 Å². The maximum absolute atomic E-state index is 13.6. The first-order valence-corrected chi connectivity index (χ1v) is 17.2. The van der Waals surface area contributed by atoms with Crippen molar-refractivity contribution in [1.29, 1.82) is 0 Å². The van der Waals surface area contributed by atoms with Gasteiger partial charge in [0.05, 0.1) is 19.3 Å². The molecule has 0 aliphatic carbocycles. The smallest absolute Gasteiger partial charge is 0.338 e. The fraction of sp³-hybridized carbons (Fsp3) is 0.297. The van der Waals surface area contributed by atoms with Gasteiger partial charge < -0.3 is 28.5 Å². The van der Waals surface area contributed by atoms with Gasteiger partial charge in [0.1, 0.15) is 12.2 Å². The molecule has 240 valence electrons. The molecule has 4 aromatic rings. The number of rotatable bonds is 10. The third-order valence-electron chi connectivity index (χ3n) is 8.20. The maximum Gasteiger partial charge on any atom is 0.338 e. The molecule has 8 nitrogen and oxygen atoms in total. The highest BCUT2D eigenvalue weighted by molar-refractivity contribution is 6.99. The zero-order chi connectivity index (χ0) is 32.7. The fourth-order valence-electron chi connectivity index (χ4n) is 5.94. The Morgan fingerprint density at radius 3 is 1.76 bits per heavy atom. The summed E-state index contributed by atoms with van der Waals surface area (Å²) in [5, 5.41) is 13.0. The number of aliphatic hydroxyl groups is 1. The third-order valence-corrected chi connectivity index (χ3v) is 13.2. The van der Waals surface area contributed by atoms with Crippen molar-refractivity contribution in [2.75, 3.05) is 7.11 Å². The number of carbonyl (C=O) groups is 2. The molecule has 1 heterocycles. The number of benzene rings is 4. The fourth-order valence-corrected chi connectivity index (χ4v) is 10.5. The van der Waals surface area contributed by atoms with Gasteiger partial charge >= 0.3 is 11.9 Å². The zero-order valence-corrected chi connectivity index (χ0v) is 27.4. The van der Waals surface area contributed by atoms with Gasteiger partial charge in [-0.25, -0.2) is 9.59 Å². The molecule has 9 heteroatoms. The minimum absolute atomic E-state index is 0.0712. The normalized spacial score (nSPS) is 21.7. The Morgan fingerprint density at radius 2 is 1.26 bits per heavy atom. The second-order valence-electron chi connectivity index (χ2n) is 12.2. The molecule has 0 aromatic heterocycles. The van der Waals surface area contributed by atoms with Gasteiger partial charge in [0.15, 0.2) is 18.5 Å². The summed E-state index contributed by atoms with van der Waals surface area (Å²) in [5.41, 5.74) is 1.13. The van der Waals surface area contributed by atoms with Gasteiger partial charge in [0, 0.05) is 0 Å². The van der Waals surface area contributed by atoms with E-state index < -0.39 is 56.0 Å². The first-order chi connectivity index (χ1) is 22.2. The molecule has 0 amide bonds. The summed E-state index contributed by atoms with van der Waals surface area (Å²) >= 11 is 0. The second kappa shape index (κ2) is 14.5. The second-order valence-corrected chi connectivity index (χ2v) is 16.5. The van der Waals surface area contributed by atoms with Gasteiger partial charge in [-0.05, 0) is 33.1 Å². The van der Waals surface area contributed by atoms with E-state index in [9.17, 15) is 14.7 Å². The van der Waals surface area contributed by atoms with Crippen LogP contribution in [0.15, 0.2) is 121 Å². The summed E-state index contributed by atoms with van der Waals surface area (Å²) in [5.74, 6) is -1.45. The molecule has 4 aromatic carbocycles. The van der Waals surface area contributed by atoms with Crippen molar-refractivity contribution in [1.82, 2.24) is 0 Å². The number of esters is 2. The van der Waals surface area contributed by atoms with Crippen LogP contribution >= 0.6 is 0 Å². The van der Waals surface area contributed by atoms with Crippen molar-refractivity contribution in [2.45, 2.75) is 63.1 Å². The summed E-state index contributed by atoms with van der Waals surface area (Å²) in [7, 11) is -2.11. The number of carbonyl (C=O) groups excluding carboxylic acids is 2. The summed E-state index contributed by atoms with van der Waals surface area (Å²) in [6, 6.07) is 37.7. The first kappa shape index (κ1) is 33.2. The summed E-state index contributed by atoms with van der Waals surface area (Å²) in [6.45, 7) is 6.37. The number of ether oxygens (including phenoxy) is 4. The van der Waals surface area contributed by atoms with E-state index in [1.807, 2.05) is 91.0 Å². The van der Waals surface area contributed by atoms with E-state index in [0.717, 1.165) is 15.9 Å². The molecular weight excluding hydrogens is 600 g/mol. The van der Waals surface area contributed by atoms with Gasteiger partial charge in [0.2, 0.25) is 0 Å². The van der Waals surface area contributed by atoms with E-state index in [4.69, 9.17) is 23.4 Å². The van der Waals surface area contributed by atoms with Crippen LogP contribution in [-0.4, -0.2) is 63.2 Å². The summed E-state index contributed by atoms with van der Waals surface area (Å²) in [4.78, 5) is 26.7. The van der Waals surface area contributed by atoms with Crippen molar-refractivity contribution in [3.63, 3.8) is 0 Å². The van der Waals surface area contributed by atoms with Crippen molar-refractivity contribution < 1.29 is 38.1 Å². The monoisotopic (exact) mass is 640 g/mol. The van der Waals surface area contributed by atoms with Crippen LogP contribution in [0.4, 0.5) is 0 Å². The van der Waals surface area contributed by atoms with Crippen LogP contribution in [0.5, 0.6) is 0 Å². The predicted octanol–water partition coefficient (Wildman–Crippen LogP) is 4.63. The van der Waals surface area contributed by atoms with Gasteiger partial charge in [-0.2, -0.15) is 0 Å². The molecule has 0 saturated carbocycles. The molecular formula is C37H40O8Si. The molecule has 0 radical (unpaired) electrons. The molecule has 1 saturated heterocycles. The van der Waals surface area contributed by atoms with Gasteiger partial charge in [-0.1, -0.05) is 130 Å². The van der Waals surface area contributed by atoms with E-state index in [-0.39, 0.29) is 6.61 Å². The Hall–Kier alpha value is -4.12. The van der Waals surface area contributed by atoms with Crippen LogP contribution in [0.3, 0.4) is 0 Å². The minimum atomic E-state index is -3.33. The highest BCUT2D eigenvalue weighted by Crippen LogP contribution is 2.40. The number of hydrogen-bond donors (Lipinski definition) is 1. The Kier molecular flexibility index (Phi) is 10.5. The predicted molar refractivity (Wildman–Crippen MR) is 176 cm³/mol. The van der Waals surface area contributed by atoms with E-state index in [2.05, 4.69) is 20.8 Å². The lowest BCUT2D eigenvalue weighted by molar-refractivity contribution is -0.283. The first-order valence-electron chi connectivity index (χ1n) is 15.3. The molecule has 5 atom stereocenters. The molecule has 1 aliphatic heterocycles. The summed E-state index contributed by atoms with van der Waals surface area (Å²) in [6.07, 6.45) is -6.82. The average Bonchev–Trinajstić information content (AvgIpc) is 3.08. The lowest BCUT2D eigenvalue weighted by atomic mass is 9.98. The van der Waals surface area contributed by atoms with Gasteiger partial charge in [0.25, 0.3) is 8.32 Å². The van der Waals surface area contributed by atoms with Crippen molar-refractivity contribution >= 4 is 30.6 Å². The highest BCUT2D eigenvalue weighted by atomic mass is 28.4. The van der Waals surface area contributed by atoms with Crippen LogP contribution in [0.1, 0.15) is 36.7 Å². The average molecular weight is 641 g/mol. The molecule has 1 N–H and O–H groups in total. The van der Waals surface area contributed by atoms with Gasteiger partial charge in [-0.3, -0.25) is 0 Å². The van der Waals surface area contributed by atoms with Crippen molar-refractivity contribution in [3.05, 3.63) is 132 Å². The Labute approximate surface area is 271 Å². The summed E-state index contributed by atoms with van der Waals surface area (Å²) < 4.78 is 31.1. The molecule has 5 rings (SSSR count). The molecule has 0 spiro atoms. The molecule has 0 unspecified atom stereocenters. The standard InChI is InChI=1S/C37H40O8Si/c1-37(2,3)46(28-21-13-7-14-22-28,29-23-15-8-16-24-29)45-36-33(43-34(39)27-19-11-6-12-20-27)31(30(38)32(44-36)35(40)41-4)42-25-26-17-9-5-10-18-26/h5-24,30-33,36,38H,25H2,1-4H3/t30-,31-,32-,33+,36-/m0/s1. The number of hydrogen-bond acceptors (Lipinski definition) is 8. The Morgan fingerprint density at radius 1 is 0.761 bits per heavy atom. The number of aliphatic hydroxyl groups excluding tert-OH is 1. The maximum atomic E-state index is 13.6. The largest absolute Gasteiger partial charge is 0.467 e. The molecule has 1 aliphatic rings. The van der Waals surface area contributed by atoms with E-state index in [1.165, 1.54) is 7.11 Å². The zero-order valence-electron chi connectivity index (χ0n) is 26.4. The molecule has 1 fully saturated rings. The molecule has 0 bridgehead atoms. The van der Waals surface area contributed by atoms with Crippen molar-refractivity contribution in [2.24, 2.45) is 0 Å². The quantitative estimate of drug-likeness (QED) is 0.198. The van der Waals surface area contributed by atoms with Crippen LogP contribution in [0, 0.1) is 0 Å². The van der Waals surface area contributed by atoms with Crippen LogP contribution in [-0.2, 0) is 34.8 Å². The van der Waals surface area contributed by atoms with E-state index in [1.54, 1.807) is 30.3 Å². The number of methoxy groups -OCH3 is 1. The Bertz CT molecular complexity index is 1520. The van der Waals surface area contributed by atoms with Crippen LogP contribution in [0.2, 0.25) is 5.04 Å². The highest BCUT2D eigenvalue weighted by Gasteiger charge is 2.58. The van der Waals surface area contributed by atoms with Crippen LogP contribution < -0.4 is 10.4 Å². The third kappa shape index (κ3) is 6.99. The van der Waals surface area contributed by atoms with E-state index in [0.29, 0.717) is 5.56 Å². The minimum Gasteiger partial charge on any atom is -0.467 e. The molecule has 46 heavy (non-hydrogen) atoms. The SMILES string of the molecule is COC(=O)[C@H]1O[C@@H](O[Si](c2ccccc2)(c2ccccc2)C(C)(C)C)[C@H](OC(=O)c2ccccc2)[C@@H](OCc2ccccc2)[C@@H]1O. The van der Waals surface area contributed by atoms with Gasteiger partial charge in [-0.15, -0.1) is 0 Å². The van der Waals surface area contributed by atoms with Crippen molar-refractivity contribution in [3.8, 4) is 0 Å². The topological polar surface area (TPSA) is 101 Å². The lowest BCUT2D eigenvalue weighted by Crippen LogP contribution is -2.71. The van der Waals surface area contributed by atoms with E-state index >= 15 is 0 Å². The lowest BCUT2D eigenvalue weighted by Gasteiger charge is -2.49. The Balaban J connectivity index is 1.65.